The number of nitrogens with zero attached hydrogens (tertiary/aromatic N) is 1. The number of para-hydroxylation sites is 1. The highest BCUT2D eigenvalue weighted by atomic mass is 32.1. The zero-order chi connectivity index (χ0) is 20.8. The van der Waals surface area contributed by atoms with Gasteiger partial charge in [0.1, 0.15) is 5.75 Å². The van der Waals surface area contributed by atoms with Crippen LogP contribution in [0.2, 0.25) is 0 Å². The maximum absolute atomic E-state index is 12.6. The monoisotopic (exact) mass is 411 g/mol. The van der Waals surface area contributed by atoms with Gasteiger partial charge in [-0.15, -0.1) is 0 Å². The average Bonchev–Trinajstić information content (AvgIpc) is 3.22. The Morgan fingerprint density at radius 1 is 1.07 bits per heavy atom. The minimum atomic E-state index is -0.358. The number of likely N-dealkylation sites (tertiary alicyclic amines) is 1. The Morgan fingerprint density at radius 3 is 2.52 bits per heavy atom. The molecule has 0 saturated carbocycles. The van der Waals surface area contributed by atoms with Gasteiger partial charge < -0.3 is 15.0 Å². The first-order chi connectivity index (χ1) is 13.9. The summed E-state index contributed by atoms with van der Waals surface area (Å²) < 4.78 is 5.69. The molecule has 2 N–H and O–H groups in total. The van der Waals surface area contributed by atoms with E-state index in [1.54, 1.807) is 42.5 Å². The molecule has 1 heterocycles. The van der Waals surface area contributed by atoms with Crippen LogP contribution in [0, 0.1) is 0 Å². The first-order valence-corrected chi connectivity index (χ1v) is 10.1. The second kappa shape index (κ2) is 9.52. The van der Waals surface area contributed by atoms with E-state index in [4.69, 9.17) is 17.0 Å². The Hall–Kier alpha value is -2.93. The lowest BCUT2D eigenvalue weighted by atomic mass is 10.1. The Morgan fingerprint density at radius 2 is 1.79 bits per heavy atom. The van der Waals surface area contributed by atoms with Crippen molar-refractivity contribution in [2.75, 3.05) is 18.4 Å². The van der Waals surface area contributed by atoms with Crippen molar-refractivity contribution in [3.8, 4) is 5.75 Å². The minimum absolute atomic E-state index is 0.0147. The van der Waals surface area contributed by atoms with Gasteiger partial charge in [0.15, 0.2) is 5.11 Å². The summed E-state index contributed by atoms with van der Waals surface area (Å²) in [6.07, 6.45) is 2.04. The number of anilines is 1. The third kappa shape index (κ3) is 5.54. The van der Waals surface area contributed by atoms with Gasteiger partial charge in [-0.1, -0.05) is 18.2 Å². The first-order valence-electron chi connectivity index (χ1n) is 9.71. The van der Waals surface area contributed by atoms with Crippen LogP contribution in [0.15, 0.2) is 48.5 Å². The minimum Gasteiger partial charge on any atom is -0.490 e. The molecule has 2 aromatic carbocycles. The second-order valence-electron chi connectivity index (χ2n) is 7.15. The molecule has 29 heavy (non-hydrogen) atoms. The van der Waals surface area contributed by atoms with E-state index in [0.29, 0.717) is 22.6 Å². The highest BCUT2D eigenvalue weighted by molar-refractivity contribution is 7.80. The van der Waals surface area contributed by atoms with Crippen LogP contribution >= 0.6 is 12.2 Å². The Kier molecular flexibility index (Phi) is 6.82. The molecule has 0 aromatic heterocycles. The highest BCUT2D eigenvalue weighted by Crippen LogP contribution is 2.20. The van der Waals surface area contributed by atoms with E-state index in [0.717, 1.165) is 25.9 Å². The van der Waals surface area contributed by atoms with Crippen LogP contribution in [-0.4, -0.2) is 41.0 Å². The van der Waals surface area contributed by atoms with E-state index in [2.05, 4.69) is 10.6 Å². The molecule has 1 saturated heterocycles. The van der Waals surface area contributed by atoms with E-state index >= 15 is 0 Å². The fourth-order valence-electron chi connectivity index (χ4n) is 3.18. The van der Waals surface area contributed by atoms with E-state index in [1.165, 1.54) is 0 Å². The SMILES string of the molecule is CC(C)Oc1ccccc1C(=O)NC(=S)Nc1cccc(C(=O)N2CCCC2)c1. The predicted molar refractivity (Wildman–Crippen MR) is 117 cm³/mol. The molecule has 0 atom stereocenters. The van der Waals surface area contributed by atoms with Gasteiger partial charge in [0.25, 0.3) is 11.8 Å². The molecule has 0 aliphatic carbocycles. The van der Waals surface area contributed by atoms with Crippen molar-refractivity contribution in [1.82, 2.24) is 10.2 Å². The fraction of sp³-hybridized carbons (Fsp3) is 0.318. The molecular formula is C22H25N3O3S. The van der Waals surface area contributed by atoms with Crippen LogP contribution in [0.25, 0.3) is 0 Å². The molecule has 7 heteroatoms. The maximum atomic E-state index is 12.6. The molecular weight excluding hydrogens is 386 g/mol. The van der Waals surface area contributed by atoms with Crippen LogP contribution in [0.4, 0.5) is 5.69 Å². The zero-order valence-corrected chi connectivity index (χ0v) is 17.4. The second-order valence-corrected chi connectivity index (χ2v) is 7.56. The highest BCUT2D eigenvalue weighted by Gasteiger charge is 2.20. The topological polar surface area (TPSA) is 70.7 Å². The third-order valence-electron chi connectivity index (χ3n) is 4.48. The smallest absolute Gasteiger partial charge is 0.261 e. The molecule has 0 bridgehead atoms. The Bertz CT molecular complexity index is 908. The summed E-state index contributed by atoms with van der Waals surface area (Å²) in [6, 6.07) is 14.1. The summed E-state index contributed by atoms with van der Waals surface area (Å²) in [4.78, 5) is 27.0. The number of benzene rings is 2. The maximum Gasteiger partial charge on any atom is 0.261 e. The largest absolute Gasteiger partial charge is 0.490 e. The molecule has 1 aliphatic rings. The van der Waals surface area contributed by atoms with Crippen LogP contribution in [0.1, 0.15) is 47.4 Å². The molecule has 2 amide bonds. The molecule has 0 radical (unpaired) electrons. The van der Waals surface area contributed by atoms with Crippen molar-refractivity contribution in [1.29, 1.82) is 0 Å². The van der Waals surface area contributed by atoms with Crippen LogP contribution < -0.4 is 15.4 Å². The van der Waals surface area contributed by atoms with Gasteiger partial charge in [0.2, 0.25) is 0 Å². The van der Waals surface area contributed by atoms with Gasteiger partial charge in [-0.25, -0.2) is 0 Å². The summed E-state index contributed by atoms with van der Waals surface area (Å²) >= 11 is 5.28. The number of amides is 2. The molecule has 0 spiro atoms. The van der Waals surface area contributed by atoms with Gasteiger partial charge in [-0.3, -0.25) is 14.9 Å². The van der Waals surface area contributed by atoms with Gasteiger partial charge in [-0.05, 0) is 69.2 Å². The van der Waals surface area contributed by atoms with Crippen molar-refractivity contribution >= 4 is 34.8 Å². The lowest BCUT2D eigenvalue weighted by Gasteiger charge is -2.16. The van der Waals surface area contributed by atoms with Gasteiger partial charge >= 0.3 is 0 Å². The molecule has 0 unspecified atom stereocenters. The summed E-state index contributed by atoms with van der Waals surface area (Å²) in [7, 11) is 0. The van der Waals surface area contributed by atoms with E-state index in [9.17, 15) is 9.59 Å². The van der Waals surface area contributed by atoms with Crippen LogP contribution in [-0.2, 0) is 0 Å². The summed E-state index contributed by atoms with van der Waals surface area (Å²) in [5.41, 5.74) is 1.65. The van der Waals surface area contributed by atoms with Gasteiger partial charge in [-0.2, -0.15) is 0 Å². The van der Waals surface area contributed by atoms with Gasteiger partial charge in [0.05, 0.1) is 11.7 Å². The zero-order valence-electron chi connectivity index (χ0n) is 16.6. The van der Waals surface area contributed by atoms with Gasteiger partial charge in [0, 0.05) is 24.3 Å². The number of hydrogen-bond acceptors (Lipinski definition) is 4. The van der Waals surface area contributed by atoms with Crippen molar-refractivity contribution in [3.05, 3.63) is 59.7 Å². The first kappa shape index (κ1) is 20.8. The standard InChI is InChI=1S/C22H25N3O3S/c1-15(2)28-19-11-4-3-10-18(19)20(26)24-22(29)23-17-9-7-8-16(14-17)21(27)25-12-5-6-13-25/h3-4,7-11,14-15H,5-6,12-13H2,1-2H3,(H2,23,24,26,29). The number of carbonyl (C=O) groups excluding carboxylic acids is 2. The number of rotatable bonds is 5. The third-order valence-corrected chi connectivity index (χ3v) is 4.69. The molecule has 6 nitrogen and oxygen atoms in total. The number of carbonyl (C=O) groups is 2. The van der Waals surface area contributed by atoms with Crippen molar-refractivity contribution in [3.63, 3.8) is 0 Å². The van der Waals surface area contributed by atoms with E-state index in [-0.39, 0.29) is 23.0 Å². The van der Waals surface area contributed by atoms with E-state index < -0.39 is 0 Å². The number of thiocarbonyl (C=S) groups is 1. The fourth-order valence-corrected chi connectivity index (χ4v) is 3.39. The lowest BCUT2D eigenvalue weighted by Crippen LogP contribution is -2.34. The molecule has 2 aromatic rings. The van der Waals surface area contributed by atoms with Crippen LogP contribution in [0.5, 0.6) is 5.75 Å². The number of nitrogens with one attached hydrogen (secondary N) is 2. The summed E-state index contributed by atoms with van der Waals surface area (Å²) in [5, 5.41) is 5.80. The predicted octanol–water partition coefficient (Wildman–Crippen LogP) is 3.84. The molecule has 152 valence electrons. The normalized spacial score (nSPS) is 13.3. The van der Waals surface area contributed by atoms with E-state index in [1.807, 2.05) is 24.8 Å². The quantitative estimate of drug-likeness (QED) is 0.732. The molecule has 3 rings (SSSR count). The van der Waals surface area contributed by atoms with Crippen molar-refractivity contribution in [2.45, 2.75) is 32.8 Å². The summed E-state index contributed by atoms with van der Waals surface area (Å²) in [6.45, 7) is 5.39. The van der Waals surface area contributed by atoms with Crippen molar-refractivity contribution < 1.29 is 14.3 Å². The lowest BCUT2D eigenvalue weighted by molar-refractivity contribution is 0.0792. The molecule has 1 aliphatic heterocycles. The van der Waals surface area contributed by atoms with Crippen molar-refractivity contribution in [2.24, 2.45) is 0 Å². The number of hydrogen-bond donors (Lipinski definition) is 2. The Balaban J connectivity index is 1.64. The number of ether oxygens (including phenoxy) is 1. The molecule has 1 fully saturated rings. The summed E-state index contributed by atoms with van der Waals surface area (Å²) in [5.74, 6) is 0.157. The average molecular weight is 412 g/mol. The van der Waals surface area contributed by atoms with Crippen LogP contribution in [0.3, 0.4) is 0 Å². The Labute approximate surface area is 176 Å².